The van der Waals surface area contributed by atoms with Crippen molar-refractivity contribution in [2.24, 2.45) is 5.92 Å². The van der Waals surface area contributed by atoms with Crippen molar-refractivity contribution in [3.63, 3.8) is 0 Å². The lowest BCUT2D eigenvalue weighted by atomic mass is 9.95. The Bertz CT molecular complexity index is 684. The fourth-order valence-corrected chi connectivity index (χ4v) is 4.51. The molecule has 3 rings (SSSR count). The first kappa shape index (κ1) is 21.1. The van der Waals surface area contributed by atoms with E-state index in [0.29, 0.717) is 30.2 Å². The molecule has 6 heteroatoms. The zero-order chi connectivity index (χ0) is 20.1. The lowest BCUT2D eigenvalue weighted by Gasteiger charge is -2.38. The van der Waals surface area contributed by atoms with Gasteiger partial charge in [-0.1, -0.05) is 11.6 Å². The van der Waals surface area contributed by atoms with Crippen LogP contribution in [0.1, 0.15) is 56.3 Å². The van der Waals surface area contributed by atoms with Crippen LogP contribution in [0.5, 0.6) is 0 Å². The third kappa shape index (κ3) is 5.26. The molecule has 1 atom stereocenters. The monoisotopic (exact) mass is 406 g/mol. The minimum atomic E-state index is -0.128. The second-order valence-corrected chi connectivity index (χ2v) is 9.30. The summed E-state index contributed by atoms with van der Waals surface area (Å²) in [4.78, 5) is 28.9. The van der Waals surface area contributed by atoms with Gasteiger partial charge in [0.25, 0.3) is 5.91 Å². The predicted octanol–water partition coefficient (Wildman–Crippen LogP) is 2.16. The van der Waals surface area contributed by atoms with E-state index in [1.807, 2.05) is 0 Å². The highest BCUT2D eigenvalue weighted by atomic mass is 35.5. The average molecular weight is 407 g/mol. The van der Waals surface area contributed by atoms with Crippen LogP contribution in [-0.2, 0) is 4.79 Å². The molecule has 0 aromatic heterocycles. The van der Waals surface area contributed by atoms with Gasteiger partial charge in [0.15, 0.2) is 0 Å². The van der Waals surface area contributed by atoms with Gasteiger partial charge in [-0.05, 0) is 70.2 Å². The van der Waals surface area contributed by atoms with Crippen molar-refractivity contribution in [3.05, 3.63) is 34.9 Å². The summed E-state index contributed by atoms with van der Waals surface area (Å²) < 4.78 is 0. The first-order valence-electron chi connectivity index (χ1n) is 10.5. The van der Waals surface area contributed by atoms with Crippen molar-refractivity contribution in [3.8, 4) is 0 Å². The van der Waals surface area contributed by atoms with E-state index in [0.717, 1.165) is 12.8 Å². The molecular formula is C22H33ClN3O2+. The largest absolute Gasteiger partial charge is 0.350 e. The smallest absolute Gasteiger partial charge is 0.253 e. The Balaban J connectivity index is 1.53. The molecule has 2 fully saturated rings. The van der Waals surface area contributed by atoms with Gasteiger partial charge in [-0.15, -0.1) is 0 Å². The van der Waals surface area contributed by atoms with E-state index in [2.05, 4.69) is 19.2 Å². The Morgan fingerprint density at radius 3 is 2.50 bits per heavy atom. The highest BCUT2D eigenvalue weighted by molar-refractivity contribution is 6.30. The van der Waals surface area contributed by atoms with Crippen molar-refractivity contribution in [2.75, 3.05) is 32.7 Å². The van der Waals surface area contributed by atoms with Crippen LogP contribution in [0, 0.1) is 5.92 Å². The Morgan fingerprint density at radius 2 is 1.82 bits per heavy atom. The van der Waals surface area contributed by atoms with Crippen LogP contribution in [0.3, 0.4) is 0 Å². The Morgan fingerprint density at radius 1 is 1.14 bits per heavy atom. The molecule has 0 unspecified atom stereocenters. The van der Waals surface area contributed by atoms with E-state index in [1.165, 1.54) is 32.4 Å². The first-order valence-corrected chi connectivity index (χ1v) is 10.9. The second kappa shape index (κ2) is 9.27. The Kier molecular flexibility index (Phi) is 7.00. The van der Waals surface area contributed by atoms with Gasteiger partial charge in [-0.25, -0.2) is 0 Å². The third-order valence-electron chi connectivity index (χ3n) is 6.29. The van der Waals surface area contributed by atoms with Crippen LogP contribution in [0.25, 0.3) is 0 Å². The van der Waals surface area contributed by atoms with Gasteiger partial charge in [0.2, 0.25) is 5.91 Å². The minimum Gasteiger partial charge on any atom is -0.350 e. The Labute approximate surface area is 173 Å². The average Bonchev–Trinajstić information content (AvgIpc) is 2.73. The lowest BCUT2D eigenvalue weighted by molar-refractivity contribution is -0.951. The summed E-state index contributed by atoms with van der Waals surface area (Å²) in [7, 11) is 0. The molecule has 0 saturated carbocycles. The van der Waals surface area contributed by atoms with Crippen molar-refractivity contribution < 1.29 is 14.5 Å². The van der Waals surface area contributed by atoms with Gasteiger partial charge in [0, 0.05) is 23.7 Å². The van der Waals surface area contributed by atoms with Crippen LogP contribution in [0.15, 0.2) is 24.3 Å². The van der Waals surface area contributed by atoms with Gasteiger partial charge in [-0.3, -0.25) is 9.59 Å². The number of nitrogens with one attached hydrogen (secondary N) is 2. The number of nitrogens with zero attached hydrogens (tertiary/aromatic N) is 1. The van der Waals surface area contributed by atoms with Crippen LogP contribution >= 0.6 is 11.6 Å². The van der Waals surface area contributed by atoms with Gasteiger partial charge < -0.3 is 15.1 Å². The van der Waals surface area contributed by atoms with E-state index in [-0.39, 0.29) is 23.3 Å². The highest BCUT2D eigenvalue weighted by Crippen LogP contribution is 2.20. The molecular weight excluding hydrogens is 374 g/mol. The normalized spacial score (nSPS) is 21.4. The summed E-state index contributed by atoms with van der Waals surface area (Å²) >= 11 is 5.91. The molecule has 28 heavy (non-hydrogen) atoms. The molecule has 5 nitrogen and oxygen atoms in total. The molecule has 0 spiro atoms. The summed E-state index contributed by atoms with van der Waals surface area (Å²) in [6, 6.07) is 6.96. The number of benzene rings is 1. The zero-order valence-electron chi connectivity index (χ0n) is 17.1. The summed E-state index contributed by atoms with van der Waals surface area (Å²) in [5, 5.41) is 3.80. The molecule has 0 bridgehead atoms. The van der Waals surface area contributed by atoms with E-state index in [1.54, 1.807) is 34.1 Å². The predicted molar refractivity (Wildman–Crippen MR) is 112 cm³/mol. The maximum absolute atomic E-state index is 12.8. The van der Waals surface area contributed by atoms with Crippen molar-refractivity contribution in [1.29, 1.82) is 0 Å². The molecule has 154 valence electrons. The van der Waals surface area contributed by atoms with E-state index < -0.39 is 0 Å². The number of carbonyl (C=O) groups excluding carboxylic acids is 2. The maximum Gasteiger partial charge on any atom is 0.253 e. The van der Waals surface area contributed by atoms with Crippen LogP contribution in [0.2, 0.25) is 5.02 Å². The topological polar surface area (TPSA) is 53.9 Å². The molecule has 2 amide bonds. The molecule has 1 aromatic rings. The SMILES string of the molecule is CC(C)(CNC(=O)[C@@H]1CCCN(C(=O)c2ccc(Cl)cc2)C1)[NH+]1CCCCC1. The van der Waals surface area contributed by atoms with Crippen LogP contribution in [-0.4, -0.2) is 55.0 Å². The number of hydrogen-bond donors (Lipinski definition) is 2. The van der Waals surface area contributed by atoms with Gasteiger partial charge in [0.05, 0.1) is 25.6 Å². The minimum absolute atomic E-state index is 0.0211. The summed E-state index contributed by atoms with van der Waals surface area (Å²) in [5.41, 5.74) is 0.670. The molecule has 2 N–H and O–H groups in total. The molecule has 2 saturated heterocycles. The molecule has 0 radical (unpaired) electrons. The van der Waals surface area contributed by atoms with Crippen molar-refractivity contribution in [1.82, 2.24) is 10.2 Å². The van der Waals surface area contributed by atoms with Gasteiger partial charge in [-0.2, -0.15) is 0 Å². The molecule has 1 aromatic carbocycles. The van der Waals surface area contributed by atoms with E-state index in [9.17, 15) is 9.59 Å². The maximum atomic E-state index is 12.8. The third-order valence-corrected chi connectivity index (χ3v) is 6.54. The number of amides is 2. The molecule has 0 aliphatic carbocycles. The van der Waals surface area contributed by atoms with Gasteiger partial charge >= 0.3 is 0 Å². The quantitative estimate of drug-likeness (QED) is 0.787. The lowest BCUT2D eigenvalue weighted by Crippen LogP contribution is -3.20. The van der Waals surface area contributed by atoms with E-state index in [4.69, 9.17) is 11.6 Å². The number of hydrogen-bond acceptors (Lipinski definition) is 2. The summed E-state index contributed by atoms with van der Waals surface area (Å²) in [5.74, 6) is -0.0671. The molecule has 2 heterocycles. The number of halogens is 1. The number of rotatable bonds is 5. The Hall–Kier alpha value is -1.59. The number of carbonyl (C=O) groups is 2. The molecule has 2 aliphatic rings. The van der Waals surface area contributed by atoms with Crippen molar-refractivity contribution >= 4 is 23.4 Å². The zero-order valence-corrected chi connectivity index (χ0v) is 17.9. The van der Waals surface area contributed by atoms with Crippen LogP contribution < -0.4 is 10.2 Å². The van der Waals surface area contributed by atoms with Crippen LogP contribution in [0.4, 0.5) is 0 Å². The highest BCUT2D eigenvalue weighted by Gasteiger charge is 2.34. The fraction of sp³-hybridized carbons (Fsp3) is 0.636. The fourth-order valence-electron chi connectivity index (χ4n) is 4.38. The second-order valence-electron chi connectivity index (χ2n) is 8.86. The number of quaternary nitrogens is 1. The summed E-state index contributed by atoms with van der Waals surface area (Å²) in [6.07, 6.45) is 5.57. The number of likely N-dealkylation sites (tertiary alicyclic amines) is 2. The standard InChI is InChI=1S/C22H32ClN3O2/c1-22(2,26-13-4-3-5-14-26)16-24-20(27)18-7-6-12-25(15-18)21(28)17-8-10-19(23)11-9-17/h8-11,18H,3-7,12-16H2,1-2H3,(H,24,27)/p+1/t18-/m1/s1. The van der Waals surface area contributed by atoms with Gasteiger partial charge in [0.1, 0.15) is 5.54 Å². The van der Waals surface area contributed by atoms with Crippen molar-refractivity contribution in [2.45, 2.75) is 51.5 Å². The number of piperidine rings is 2. The summed E-state index contributed by atoms with van der Waals surface area (Å²) in [6.45, 7) is 8.74. The van der Waals surface area contributed by atoms with E-state index >= 15 is 0 Å². The molecule has 2 aliphatic heterocycles. The first-order chi connectivity index (χ1) is 13.4.